The minimum absolute atomic E-state index is 0.00860. The molecule has 3 rings (SSSR count). The fourth-order valence-corrected chi connectivity index (χ4v) is 3.61. The van der Waals surface area contributed by atoms with E-state index in [1.807, 2.05) is 50.2 Å². The molecule has 0 heterocycles. The van der Waals surface area contributed by atoms with Crippen molar-refractivity contribution in [2.45, 2.75) is 26.4 Å². The molecule has 2 atom stereocenters. The van der Waals surface area contributed by atoms with Gasteiger partial charge in [-0.3, -0.25) is 4.79 Å². The van der Waals surface area contributed by atoms with Crippen LogP contribution in [0.15, 0.2) is 65.2 Å². The molecular weight excluding hydrogens is 397 g/mol. The summed E-state index contributed by atoms with van der Waals surface area (Å²) >= 11 is 11.6. The van der Waals surface area contributed by atoms with E-state index in [-0.39, 0.29) is 9.91 Å². The predicted molar refractivity (Wildman–Crippen MR) is 108 cm³/mol. The lowest BCUT2D eigenvalue weighted by atomic mass is 9.96. The summed E-state index contributed by atoms with van der Waals surface area (Å²) in [6, 6.07) is 18.2. The van der Waals surface area contributed by atoms with E-state index in [1.165, 1.54) is 6.08 Å². The maximum Gasteiger partial charge on any atom is 0.318 e. The van der Waals surface area contributed by atoms with Crippen LogP contribution in [0.1, 0.15) is 31.9 Å². The minimum Gasteiger partial charge on any atom is -0.457 e. The van der Waals surface area contributed by atoms with E-state index in [1.54, 1.807) is 24.3 Å². The lowest BCUT2D eigenvalue weighted by Crippen LogP contribution is -2.24. The van der Waals surface area contributed by atoms with Crippen LogP contribution in [0.4, 0.5) is 0 Å². The van der Waals surface area contributed by atoms with E-state index in [4.69, 9.17) is 32.7 Å². The lowest BCUT2D eigenvalue weighted by Gasteiger charge is -2.19. The highest BCUT2D eigenvalue weighted by Crippen LogP contribution is 2.66. The third-order valence-corrected chi connectivity index (χ3v) is 5.22. The Morgan fingerprint density at radius 1 is 1.14 bits per heavy atom. The van der Waals surface area contributed by atoms with Gasteiger partial charge in [-0.15, -0.1) is 0 Å². The van der Waals surface area contributed by atoms with Crippen LogP contribution in [-0.4, -0.2) is 5.97 Å². The molecule has 1 aliphatic carbocycles. The van der Waals surface area contributed by atoms with Gasteiger partial charge in [-0.25, -0.2) is 0 Å². The first-order chi connectivity index (χ1) is 13.3. The van der Waals surface area contributed by atoms with Crippen molar-refractivity contribution in [1.82, 2.24) is 0 Å². The first-order valence-corrected chi connectivity index (χ1v) is 9.50. The van der Waals surface area contributed by atoms with Crippen molar-refractivity contribution in [2.75, 3.05) is 0 Å². The quantitative estimate of drug-likeness (QED) is 0.517. The van der Waals surface area contributed by atoms with Crippen LogP contribution < -0.4 is 4.74 Å². The zero-order chi connectivity index (χ0) is 20.4. The molecule has 0 amide bonds. The van der Waals surface area contributed by atoms with Crippen molar-refractivity contribution in [2.24, 2.45) is 10.8 Å². The molecule has 0 N–H and O–H groups in total. The number of para-hydroxylation sites is 1. The van der Waals surface area contributed by atoms with Gasteiger partial charge in [-0.1, -0.05) is 67.4 Å². The second-order valence-electron chi connectivity index (χ2n) is 7.37. The fourth-order valence-electron chi connectivity index (χ4n) is 3.24. The standard InChI is InChI=1S/C22H19Cl2NO3/c1-21(2)14-22(21,12-19(23)24)20(26)28-18(13-25)15-7-6-10-17(11-15)27-16-8-4-3-5-9-16/h3-12,18H,14H2,1-2H3. The van der Waals surface area contributed by atoms with Crippen LogP contribution in [0.25, 0.3) is 0 Å². The first-order valence-electron chi connectivity index (χ1n) is 8.75. The third-order valence-electron chi connectivity index (χ3n) is 5.01. The van der Waals surface area contributed by atoms with Crippen LogP contribution >= 0.6 is 23.2 Å². The van der Waals surface area contributed by atoms with Crippen molar-refractivity contribution in [3.05, 3.63) is 70.7 Å². The zero-order valence-electron chi connectivity index (χ0n) is 15.5. The van der Waals surface area contributed by atoms with Crippen molar-refractivity contribution >= 4 is 29.2 Å². The van der Waals surface area contributed by atoms with Gasteiger partial charge in [-0.05, 0) is 42.2 Å². The summed E-state index contributed by atoms with van der Waals surface area (Å²) < 4.78 is 11.3. The highest BCUT2D eigenvalue weighted by atomic mass is 35.5. The van der Waals surface area contributed by atoms with Crippen LogP contribution in [0.5, 0.6) is 11.5 Å². The number of carbonyl (C=O) groups is 1. The molecule has 1 aliphatic rings. The predicted octanol–water partition coefficient (Wildman–Crippen LogP) is 6.32. The number of halogens is 2. The molecule has 0 saturated heterocycles. The number of hydrogen-bond donors (Lipinski definition) is 0. The molecule has 1 saturated carbocycles. The second kappa shape index (κ2) is 7.87. The molecule has 4 nitrogen and oxygen atoms in total. The normalized spacial score (nSPS) is 20.4. The molecule has 6 heteroatoms. The van der Waals surface area contributed by atoms with E-state index in [0.29, 0.717) is 23.5 Å². The Kier molecular flexibility index (Phi) is 5.69. The summed E-state index contributed by atoms with van der Waals surface area (Å²) in [6.45, 7) is 3.86. The van der Waals surface area contributed by atoms with Gasteiger partial charge in [0.05, 0.1) is 5.41 Å². The van der Waals surface area contributed by atoms with Gasteiger partial charge in [0.2, 0.25) is 6.10 Å². The second-order valence-corrected chi connectivity index (χ2v) is 8.38. The summed E-state index contributed by atoms with van der Waals surface area (Å²) in [5.41, 5.74) is -0.727. The summed E-state index contributed by atoms with van der Waals surface area (Å²) in [7, 11) is 0. The number of nitriles is 1. The summed E-state index contributed by atoms with van der Waals surface area (Å²) in [6.07, 6.45) is 0.987. The number of rotatable bonds is 6. The largest absolute Gasteiger partial charge is 0.457 e. The van der Waals surface area contributed by atoms with E-state index < -0.39 is 17.5 Å². The number of hydrogen-bond acceptors (Lipinski definition) is 4. The van der Waals surface area contributed by atoms with Gasteiger partial charge in [0.15, 0.2) is 0 Å². The van der Waals surface area contributed by atoms with Crippen LogP contribution in [0.3, 0.4) is 0 Å². The Balaban J connectivity index is 1.79. The molecule has 1 fully saturated rings. The number of ether oxygens (including phenoxy) is 2. The maximum atomic E-state index is 12.8. The smallest absolute Gasteiger partial charge is 0.318 e. The van der Waals surface area contributed by atoms with Crippen LogP contribution in [-0.2, 0) is 9.53 Å². The SMILES string of the molecule is CC1(C)CC1(C=C(Cl)Cl)C(=O)OC(C#N)c1cccc(Oc2ccccc2)c1. The molecule has 144 valence electrons. The molecule has 0 bridgehead atoms. The number of nitrogens with zero attached hydrogens (tertiary/aromatic N) is 1. The molecular formula is C22H19Cl2NO3. The summed E-state index contributed by atoms with van der Waals surface area (Å²) in [4.78, 5) is 12.8. The molecule has 2 aromatic rings. The van der Waals surface area contributed by atoms with Crippen molar-refractivity contribution in [3.63, 3.8) is 0 Å². The summed E-state index contributed by atoms with van der Waals surface area (Å²) in [5.74, 6) is 0.702. The number of carbonyl (C=O) groups excluding carboxylic acids is 1. The molecule has 0 spiro atoms. The van der Waals surface area contributed by atoms with Gasteiger partial charge in [0, 0.05) is 5.56 Å². The summed E-state index contributed by atoms with van der Waals surface area (Å²) in [5, 5.41) is 9.57. The number of benzene rings is 2. The Bertz CT molecular complexity index is 946. The molecule has 0 radical (unpaired) electrons. The van der Waals surface area contributed by atoms with Crippen LogP contribution in [0.2, 0.25) is 0 Å². The fraction of sp³-hybridized carbons (Fsp3) is 0.273. The molecule has 28 heavy (non-hydrogen) atoms. The molecule has 2 aromatic carbocycles. The number of esters is 1. The molecule has 2 unspecified atom stereocenters. The van der Waals surface area contributed by atoms with Gasteiger partial charge < -0.3 is 9.47 Å². The average molecular weight is 416 g/mol. The Labute approximate surface area is 174 Å². The Morgan fingerprint density at radius 2 is 1.79 bits per heavy atom. The average Bonchev–Trinajstić information content (AvgIpc) is 3.21. The maximum absolute atomic E-state index is 12.8. The van der Waals surface area contributed by atoms with Crippen molar-refractivity contribution in [3.8, 4) is 17.6 Å². The Morgan fingerprint density at radius 3 is 2.36 bits per heavy atom. The van der Waals surface area contributed by atoms with E-state index >= 15 is 0 Å². The van der Waals surface area contributed by atoms with Gasteiger partial charge in [0.1, 0.15) is 22.1 Å². The highest BCUT2D eigenvalue weighted by molar-refractivity contribution is 6.56. The molecule has 0 aliphatic heterocycles. The Hall–Kier alpha value is -2.48. The highest BCUT2D eigenvalue weighted by Gasteiger charge is 2.66. The van der Waals surface area contributed by atoms with E-state index in [2.05, 4.69) is 0 Å². The lowest BCUT2D eigenvalue weighted by molar-refractivity contribution is -0.152. The van der Waals surface area contributed by atoms with Crippen molar-refractivity contribution < 1.29 is 14.3 Å². The van der Waals surface area contributed by atoms with Gasteiger partial charge >= 0.3 is 5.97 Å². The monoisotopic (exact) mass is 415 g/mol. The van der Waals surface area contributed by atoms with Crippen molar-refractivity contribution in [1.29, 1.82) is 5.26 Å². The molecule has 0 aromatic heterocycles. The zero-order valence-corrected chi connectivity index (χ0v) is 17.0. The topological polar surface area (TPSA) is 59.3 Å². The third kappa shape index (κ3) is 4.16. The van der Waals surface area contributed by atoms with Gasteiger partial charge in [0.25, 0.3) is 0 Å². The van der Waals surface area contributed by atoms with E-state index in [0.717, 1.165) is 0 Å². The van der Waals surface area contributed by atoms with Crippen LogP contribution in [0, 0.1) is 22.2 Å². The minimum atomic E-state index is -1.07. The van der Waals surface area contributed by atoms with Gasteiger partial charge in [-0.2, -0.15) is 5.26 Å². The van der Waals surface area contributed by atoms with E-state index in [9.17, 15) is 10.1 Å². The first kappa shape index (κ1) is 20.3.